The van der Waals surface area contributed by atoms with Crippen LogP contribution in [0.2, 0.25) is 0 Å². The molecule has 0 radical (unpaired) electrons. The van der Waals surface area contributed by atoms with Crippen LogP contribution >= 0.6 is 0 Å². The number of carbonyl (C=O) groups excluding carboxylic acids is 2. The van der Waals surface area contributed by atoms with Crippen LogP contribution < -0.4 is 20.8 Å². The Morgan fingerprint density at radius 3 is 2.46 bits per heavy atom. The normalized spacial score (nSPS) is 10.9. The molecule has 0 aliphatic heterocycles. The highest BCUT2D eigenvalue weighted by Crippen LogP contribution is 2.21. The van der Waals surface area contributed by atoms with Crippen molar-refractivity contribution in [3.63, 3.8) is 0 Å². The molecule has 28 heavy (non-hydrogen) atoms. The van der Waals surface area contributed by atoms with E-state index in [9.17, 15) is 14.4 Å². The first-order valence-corrected chi connectivity index (χ1v) is 8.46. The Bertz CT molecular complexity index is 1110. The van der Waals surface area contributed by atoms with Crippen molar-refractivity contribution < 1.29 is 23.5 Å². The second kappa shape index (κ2) is 8.22. The van der Waals surface area contributed by atoms with Gasteiger partial charge in [0.15, 0.2) is 0 Å². The number of carbonyl (C=O) groups is 2. The average molecular weight is 379 g/mol. The average Bonchev–Trinajstić information content (AvgIpc) is 2.67. The van der Waals surface area contributed by atoms with E-state index < -0.39 is 17.5 Å². The Kier molecular flexibility index (Phi) is 5.55. The van der Waals surface area contributed by atoms with Gasteiger partial charge in [0.25, 0.3) is 5.91 Å². The number of primary amides is 1. The Labute approximate surface area is 160 Å². The highest BCUT2D eigenvalue weighted by atomic mass is 16.5. The quantitative estimate of drug-likeness (QED) is 0.305. The molecule has 1 aromatic heterocycles. The van der Waals surface area contributed by atoms with Crippen molar-refractivity contribution in [3.8, 4) is 11.5 Å². The number of benzene rings is 2. The first kappa shape index (κ1) is 18.9. The van der Waals surface area contributed by atoms with E-state index in [0.717, 1.165) is 11.3 Å². The lowest BCUT2D eigenvalue weighted by atomic mass is 10.1. The van der Waals surface area contributed by atoms with Crippen LogP contribution in [-0.4, -0.2) is 18.5 Å². The van der Waals surface area contributed by atoms with Gasteiger partial charge in [0, 0.05) is 17.5 Å². The van der Waals surface area contributed by atoms with E-state index in [4.69, 9.17) is 19.6 Å². The van der Waals surface area contributed by atoms with E-state index in [1.807, 2.05) is 19.1 Å². The Balaban J connectivity index is 1.72. The van der Waals surface area contributed by atoms with Crippen LogP contribution in [0.15, 0.2) is 63.8 Å². The topological polar surface area (TPSA) is 109 Å². The number of fused-ring (bicyclic) bond motifs is 1. The number of rotatable bonds is 6. The summed E-state index contributed by atoms with van der Waals surface area (Å²) >= 11 is 0. The second-order valence-corrected chi connectivity index (χ2v) is 5.77. The third-order valence-electron chi connectivity index (χ3n) is 3.79. The largest absolute Gasteiger partial charge is 0.494 e. The molecule has 0 spiro atoms. The van der Waals surface area contributed by atoms with Crippen molar-refractivity contribution >= 4 is 28.9 Å². The van der Waals surface area contributed by atoms with Gasteiger partial charge in [-0.1, -0.05) is 12.1 Å². The van der Waals surface area contributed by atoms with E-state index in [0.29, 0.717) is 12.0 Å². The van der Waals surface area contributed by atoms with Crippen molar-refractivity contribution in [1.29, 1.82) is 0 Å². The Hall–Kier alpha value is -3.87. The molecule has 2 N–H and O–H groups in total. The maximum Gasteiger partial charge on any atom is 0.349 e. The van der Waals surface area contributed by atoms with Crippen molar-refractivity contribution in [2.24, 2.45) is 5.73 Å². The fraction of sp³-hybridized carbons (Fsp3) is 0.0952. The minimum Gasteiger partial charge on any atom is -0.494 e. The summed E-state index contributed by atoms with van der Waals surface area (Å²) in [6.07, 6.45) is 2.89. The van der Waals surface area contributed by atoms with Gasteiger partial charge in [-0.15, -0.1) is 0 Å². The molecule has 1 amide bonds. The zero-order chi connectivity index (χ0) is 20.1. The van der Waals surface area contributed by atoms with Crippen LogP contribution in [0.4, 0.5) is 0 Å². The van der Waals surface area contributed by atoms with Gasteiger partial charge in [0.2, 0.25) is 0 Å². The predicted octanol–water partition coefficient (Wildman–Crippen LogP) is 2.91. The van der Waals surface area contributed by atoms with E-state index in [1.165, 1.54) is 24.3 Å². The van der Waals surface area contributed by atoms with Gasteiger partial charge in [-0.2, -0.15) is 0 Å². The van der Waals surface area contributed by atoms with Gasteiger partial charge in [-0.3, -0.25) is 4.79 Å². The summed E-state index contributed by atoms with van der Waals surface area (Å²) in [6, 6.07) is 13.1. The highest BCUT2D eigenvalue weighted by Gasteiger charge is 2.11. The molecule has 2 aromatic carbocycles. The first-order chi connectivity index (χ1) is 13.5. The van der Waals surface area contributed by atoms with Gasteiger partial charge < -0.3 is 19.6 Å². The molecule has 1 heterocycles. The van der Waals surface area contributed by atoms with Crippen LogP contribution in [0.5, 0.6) is 11.5 Å². The number of ether oxygens (including phenoxy) is 2. The summed E-state index contributed by atoms with van der Waals surface area (Å²) in [7, 11) is 0. The van der Waals surface area contributed by atoms with Crippen LogP contribution in [0, 0.1) is 0 Å². The van der Waals surface area contributed by atoms with E-state index in [1.54, 1.807) is 24.3 Å². The standard InChI is InChI=1S/C21H17NO6/c1-2-26-15-7-3-13(4-8-15)5-10-19(23)27-16-9-6-14-11-17(20(22)24)21(25)28-18(14)12-16/h3-12H,2H2,1H3,(H2,22,24)/b10-5+. The maximum atomic E-state index is 12.0. The SMILES string of the molecule is CCOc1ccc(/C=C/C(=O)Oc2ccc3cc(C(N)=O)c(=O)oc3c2)cc1. The van der Waals surface area contributed by atoms with Crippen LogP contribution in [0.25, 0.3) is 17.0 Å². The highest BCUT2D eigenvalue weighted by molar-refractivity contribution is 5.95. The zero-order valence-electron chi connectivity index (χ0n) is 15.0. The van der Waals surface area contributed by atoms with Crippen molar-refractivity contribution in [2.45, 2.75) is 6.92 Å². The fourth-order valence-electron chi connectivity index (χ4n) is 2.48. The van der Waals surface area contributed by atoms with Crippen LogP contribution in [0.3, 0.4) is 0 Å². The van der Waals surface area contributed by atoms with Gasteiger partial charge in [0.05, 0.1) is 6.61 Å². The van der Waals surface area contributed by atoms with Crippen LogP contribution in [-0.2, 0) is 4.79 Å². The molecule has 0 bridgehead atoms. The summed E-state index contributed by atoms with van der Waals surface area (Å²) in [4.78, 5) is 34.9. The molecule has 0 saturated heterocycles. The number of hydrogen-bond donors (Lipinski definition) is 1. The van der Waals surface area contributed by atoms with E-state index in [-0.39, 0.29) is 16.9 Å². The Morgan fingerprint density at radius 2 is 1.79 bits per heavy atom. The maximum absolute atomic E-state index is 12.0. The fourth-order valence-corrected chi connectivity index (χ4v) is 2.48. The summed E-state index contributed by atoms with van der Waals surface area (Å²) in [5.74, 6) is -0.516. The molecule has 0 saturated carbocycles. The molecule has 0 unspecified atom stereocenters. The molecule has 7 nitrogen and oxygen atoms in total. The lowest BCUT2D eigenvalue weighted by Crippen LogP contribution is -2.20. The zero-order valence-corrected chi connectivity index (χ0v) is 15.0. The predicted molar refractivity (Wildman–Crippen MR) is 103 cm³/mol. The molecule has 3 aromatic rings. The number of amides is 1. The smallest absolute Gasteiger partial charge is 0.349 e. The minimum atomic E-state index is -0.870. The first-order valence-electron chi connectivity index (χ1n) is 8.46. The van der Waals surface area contributed by atoms with Gasteiger partial charge in [-0.25, -0.2) is 9.59 Å². The second-order valence-electron chi connectivity index (χ2n) is 5.77. The number of hydrogen-bond acceptors (Lipinski definition) is 6. The van der Waals surface area contributed by atoms with Crippen molar-refractivity contribution in [3.05, 3.63) is 76.2 Å². The van der Waals surface area contributed by atoms with Crippen molar-refractivity contribution in [2.75, 3.05) is 6.61 Å². The minimum absolute atomic E-state index is 0.177. The monoisotopic (exact) mass is 379 g/mol. The summed E-state index contributed by atoms with van der Waals surface area (Å²) in [5, 5.41) is 0.484. The molecule has 0 aliphatic rings. The van der Waals surface area contributed by atoms with Crippen molar-refractivity contribution in [1.82, 2.24) is 0 Å². The molecular weight excluding hydrogens is 362 g/mol. The molecular formula is C21H17NO6. The molecule has 0 fully saturated rings. The molecule has 142 valence electrons. The molecule has 7 heteroatoms. The number of esters is 1. The van der Waals surface area contributed by atoms with E-state index in [2.05, 4.69) is 0 Å². The van der Waals surface area contributed by atoms with Gasteiger partial charge >= 0.3 is 11.6 Å². The Morgan fingerprint density at radius 1 is 1.07 bits per heavy atom. The van der Waals surface area contributed by atoms with Crippen LogP contribution in [0.1, 0.15) is 22.8 Å². The summed E-state index contributed by atoms with van der Waals surface area (Å²) < 4.78 is 15.6. The third-order valence-corrected chi connectivity index (χ3v) is 3.79. The summed E-state index contributed by atoms with van der Waals surface area (Å²) in [6.45, 7) is 2.48. The van der Waals surface area contributed by atoms with Gasteiger partial charge in [0.1, 0.15) is 22.6 Å². The molecule has 0 atom stereocenters. The van der Waals surface area contributed by atoms with Gasteiger partial charge in [-0.05, 0) is 48.9 Å². The molecule has 0 aliphatic carbocycles. The lowest BCUT2D eigenvalue weighted by molar-refractivity contribution is -0.128. The lowest BCUT2D eigenvalue weighted by Gasteiger charge is -2.04. The molecule has 3 rings (SSSR count). The summed E-state index contributed by atoms with van der Waals surface area (Å²) in [5.41, 5.74) is 5.02. The number of nitrogens with two attached hydrogens (primary N) is 1. The van der Waals surface area contributed by atoms with E-state index >= 15 is 0 Å². The third kappa shape index (κ3) is 4.45.